The fourth-order valence-electron chi connectivity index (χ4n) is 2.68. The van der Waals surface area contributed by atoms with E-state index in [1.807, 2.05) is 0 Å². The van der Waals surface area contributed by atoms with Gasteiger partial charge in [0.05, 0.1) is 6.10 Å². The average Bonchev–Trinajstić information content (AvgIpc) is 2.70. The van der Waals surface area contributed by atoms with Crippen molar-refractivity contribution in [3.63, 3.8) is 0 Å². The SMILES string of the molecule is CCN(CC1CCC1)CC1CCC(C(=O)O)O1. The van der Waals surface area contributed by atoms with Crippen molar-refractivity contribution in [3.8, 4) is 0 Å². The topological polar surface area (TPSA) is 49.8 Å². The molecular formula is C13H23NO3. The molecule has 4 heteroatoms. The van der Waals surface area contributed by atoms with Crippen molar-refractivity contribution in [1.82, 2.24) is 4.90 Å². The van der Waals surface area contributed by atoms with Crippen molar-refractivity contribution in [2.75, 3.05) is 19.6 Å². The van der Waals surface area contributed by atoms with Gasteiger partial charge in [-0.25, -0.2) is 4.79 Å². The molecule has 17 heavy (non-hydrogen) atoms. The zero-order valence-electron chi connectivity index (χ0n) is 10.6. The summed E-state index contributed by atoms with van der Waals surface area (Å²) < 4.78 is 5.55. The van der Waals surface area contributed by atoms with Gasteiger partial charge in [0.2, 0.25) is 0 Å². The molecule has 2 rings (SSSR count). The third-order valence-electron chi connectivity index (χ3n) is 4.03. The molecule has 2 fully saturated rings. The minimum atomic E-state index is -0.811. The first-order valence-corrected chi connectivity index (χ1v) is 6.79. The van der Waals surface area contributed by atoms with Crippen LogP contribution >= 0.6 is 0 Å². The van der Waals surface area contributed by atoms with Crippen LogP contribution in [0.4, 0.5) is 0 Å². The van der Waals surface area contributed by atoms with Gasteiger partial charge in [0.1, 0.15) is 0 Å². The van der Waals surface area contributed by atoms with Gasteiger partial charge in [-0.3, -0.25) is 0 Å². The monoisotopic (exact) mass is 241 g/mol. The number of rotatable bonds is 6. The van der Waals surface area contributed by atoms with E-state index in [-0.39, 0.29) is 6.10 Å². The minimum absolute atomic E-state index is 0.121. The molecule has 1 aliphatic heterocycles. The van der Waals surface area contributed by atoms with Crippen LogP contribution in [0.1, 0.15) is 39.0 Å². The molecule has 0 aromatic rings. The van der Waals surface area contributed by atoms with E-state index in [1.165, 1.54) is 19.3 Å². The van der Waals surface area contributed by atoms with Crippen molar-refractivity contribution < 1.29 is 14.6 Å². The van der Waals surface area contributed by atoms with E-state index in [1.54, 1.807) is 0 Å². The highest BCUT2D eigenvalue weighted by atomic mass is 16.5. The molecule has 0 bridgehead atoms. The highest BCUT2D eigenvalue weighted by Crippen LogP contribution is 2.28. The third-order valence-corrected chi connectivity index (χ3v) is 4.03. The summed E-state index contributed by atoms with van der Waals surface area (Å²) >= 11 is 0. The van der Waals surface area contributed by atoms with Crippen LogP contribution in [-0.4, -0.2) is 47.8 Å². The zero-order chi connectivity index (χ0) is 12.3. The quantitative estimate of drug-likeness (QED) is 0.769. The van der Waals surface area contributed by atoms with E-state index in [2.05, 4.69) is 11.8 Å². The molecule has 0 amide bonds. The number of ether oxygens (including phenoxy) is 1. The lowest BCUT2D eigenvalue weighted by Gasteiger charge is -2.32. The molecule has 0 radical (unpaired) electrons. The van der Waals surface area contributed by atoms with E-state index in [0.29, 0.717) is 6.42 Å². The minimum Gasteiger partial charge on any atom is -0.479 e. The lowest BCUT2D eigenvalue weighted by atomic mass is 9.85. The van der Waals surface area contributed by atoms with Crippen molar-refractivity contribution in [1.29, 1.82) is 0 Å². The van der Waals surface area contributed by atoms with Gasteiger partial charge in [0.15, 0.2) is 6.10 Å². The van der Waals surface area contributed by atoms with Crippen molar-refractivity contribution in [3.05, 3.63) is 0 Å². The van der Waals surface area contributed by atoms with Crippen LogP contribution in [0, 0.1) is 5.92 Å². The van der Waals surface area contributed by atoms with Gasteiger partial charge in [-0.05, 0) is 38.1 Å². The Morgan fingerprint density at radius 3 is 2.53 bits per heavy atom. The standard InChI is InChI=1S/C13H23NO3/c1-2-14(8-10-4-3-5-10)9-11-6-7-12(17-11)13(15)16/h10-12H,2-9H2,1H3,(H,15,16). The van der Waals surface area contributed by atoms with Crippen LogP contribution in [0.15, 0.2) is 0 Å². The lowest BCUT2D eigenvalue weighted by Crippen LogP contribution is -2.38. The second kappa shape index (κ2) is 5.83. The smallest absolute Gasteiger partial charge is 0.332 e. The molecule has 0 spiro atoms. The first-order chi connectivity index (χ1) is 8.19. The van der Waals surface area contributed by atoms with Gasteiger partial charge in [0.25, 0.3) is 0 Å². The van der Waals surface area contributed by atoms with Crippen LogP contribution in [0.25, 0.3) is 0 Å². The maximum absolute atomic E-state index is 10.8. The Bertz CT molecular complexity index is 265. The van der Waals surface area contributed by atoms with Crippen molar-refractivity contribution >= 4 is 5.97 Å². The van der Waals surface area contributed by atoms with Gasteiger partial charge in [0, 0.05) is 13.1 Å². The van der Waals surface area contributed by atoms with E-state index in [4.69, 9.17) is 9.84 Å². The molecule has 4 nitrogen and oxygen atoms in total. The molecule has 1 aliphatic carbocycles. The Kier molecular flexibility index (Phi) is 4.40. The summed E-state index contributed by atoms with van der Waals surface area (Å²) in [5.41, 5.74) is 0. The molecule has 2 unspecified atom stereocenters. The molecule has 0 aromatic carbocycles. The van der Waals surface area contributed by atoms with E-state index in [0.717, 1.165) is 32.0 Å². The Morgan fingerprint density at radius 1 is 1.29 bits per heavy atom. The summed E-state index contributed by atoms with van der Waals surface area (Å²) in [7, 11) is 0. The molecule has 1 heterocycles. The largest absolute Gasteiger partial charge is 0.479 e. The van der Waals surface area contributed by atoms with E-state index >= 15 is 0 Å². The number of hydrogen-bond donors (Lipinski definition) is 1. The van der Waals surface area contributed by atoms with Crippen LogP contribution in [-0.2, 0) is 9.53 Å². The van der Waals surface area contributed by atoms with Gasteiger partial charge >= 0.3 is 5.97 Å². The Morgan fingerprint density at radius 2 is 2.06 bits per heavy atom. The summed E-state index contributed by atoms with van der Waals surface area (Å²) in [4.78, 5) is 13.2. The molecule has 2 aliphatic rings. The number of aliphatic carboxylic acids is 1. The summed E-state index contributed by atoms with van der Waals surface area (Å²) in [6.07, 6.45) is 5.21. The van der Waals surface area contributed by atoms with Crippen molar-refractivity contribution in [2.45, 2.75) is 51.2 Å². The van der Waals surface area contributed by atoms with Crippen LogP contribution in [0.3, 0.4) is 0 Å². The first-order valence-electron chi connectivity index (χ1n) is 6.79. The van der Waals surface area contributed by atoms with Crippen molar-refractivity contribution in [2.24, 2.45) is 5.92 Å². The number of carboxylic acids is 1. The zero-order valence-corrected chi connectivity index (χ0v) is 10.6. The van der Waals surface area contributed by atoms with Gasteiger partial charge in [-0.1, -0.05) is 13.3 Å². The third kappa shape index (κ3) is 3.42. The second-order valence-electron chi connectivity index (χ2n) is 5.31. The summed E-state index contributed by atoms with van der Waals surface area (Å²) in [6.45, 7) is 5.27. The fourth-order valence-corrected chi connectivity index (χ4v) is 2.68. The highest BCUT2D eigenvalue weighted by molar-refractivity contribution is 5.72. The van der Waals surface area contributed by atoms with Gasteiger partial charge in [-0.2, -0.15) is 0 Å². The molecule has 0 aromatic heterocycles. The van der Waals surface area contributed by atoms with E-state index in [9.17, 15) is 4.79 Å². The second-order valence-corrected chi connectivity index (χ2v) is 5.31. The van der Waals surface area contributed by atoms with Crippen LogP contribution < -0.4 is 0 Å². The Labute approximate surface area is 103 Å². The molecule has 2 atom stereocenters. The van der Waals surface area contributed by atoms with E-state index < -0.39 is 12.1 Å². The maximum Gasteiger partial charge on any atom is 0.332 e. The predicted molar refractivity (Wildman–Crippen MR) is 65.0 cm³/mol. The molecule has 1 saturated heterocycles. The maximum atomic E-state index is 10.8. The summed E-state index contributed by atoms with van der Waals surface area (Å²) in [5.74, 6) is 0.0566. The number of likely N-dealkylation sites (N-methyl/N-ethyl adjacent to an activating group) is 1. The molecule has 1 saturated carbocycles. The molecular weight excluding hydrogens is 218 g/mol. The molecule has 98 valence electrons. The number of hydrogen-bond acceptors (Lipinski definition) is 3. The number of carboxylic acid groups (broad SMARTS) is 1. The Balaban J connectivity index is 1.73. The molecule has 1 N–H and O–H groups in total. The summed E-state index contributed by atoms with van der Waals surface area (Å²) in [6, 6.07) is 0. The summed E-state index contributed by atoms with van der Waals surface area (Å²) in [5, 5.41) is 8.88. The predicted octanol–water partition coefficient (Wildman–Crippen LogP) is 1.74. The normalized spacial score (nSPS) is 29.5. The lowest BCUT2D eigenvalue weighted by molar-refractivity contribution is -0.149. The highest BCUT2D eigenvalue weighted by Gasteiger charge is 2.31. The average molecular weight is 241 g/mol. The first kappa shape index (κ1) is 12.8. The number of nitrogens with zero attached hydrogens (tertiary/aromatic N) is 1. The van der Waals surface area contributed by atoms with Gasteiger partial charge in [-0.15, -0.1) is 0 Å². The van der Waals surface area contributed by atoms with Crippen LogP contribution in [0.5, 0.6) is 0 Å². The fraction of sp³-hybridized carbons (Fsp3) is 0.923. The number of carbonyl (C=O) groups is 1. The Hall–Kier alpha value is -0.610. The van der Waals surface area contributed by atoms with Crippen LogP contribution in [0.2, 0.25) is 0 Å². The van der Waals surface area contributed by atoms with Gasteiger partial charge < -0.3 is 14.7 Å².